The number of allylic oxidation sites excluding steroid dienone is 1. The molecule has 2 aliphatic rings. The Balaban J connectivity index is 1.77. The van der Waals surface area contributed by atoms with Crippen molar-refractivity contribution in [3.8, 4) is 0 Å². The van der Waals surface area contributed by atoms with E-state index in [1.165, 1.54) is 16.7 Å². The molecule has 1 atom stereocenters. The second-order valence-corrected chi connectivity index (χ2v) is 6.65. The minimum absolute atomic E-state index is 0.00632. The minimum Gasteiger partial charge on any atom is -0.295 e. The van der Waals surface area contributed by atoms with Gasteiger partial charge in [0.1, 0.15) is 6.04 Å². The van der Waals surface area contributed by atoms with Crippen LogP contribution in [0.5, 0.6) is 0 Å². The van der Waals surface area contributed by atoms with E-state index in [0.29, 0.717) is 0 Å². The first-order valence-corrected chi connectivity index (χ1v) is 8.84. The van der Waals surface area contributed by atoms with Gasteiger partial charge in [-0.3, -0.25) is 10.2 Å². The van der Waals surface area contributed by atoms with Crippen LogP contribution >= 0.6 is 0 Å². The number of benzene rings is 2. The molecule has 1 aliphatic heterocycles. The summed E-state index contributed by atoms with van der Waals surface area (Å²) in [6, 6.07) is 20.7. The molecule has 3 nitrogen and oxygen atoms in total. The largest absolute Gasteiger partial charge is 0.295 e. The van der Waals surface area contributed by atoms with Crippen LogP contribution in [0.2, 0.25) is 0 Å². The highest BCUT2D eigenvalue weighted by atomic mass is 16.2. The third kappa shape index (κ3) is 2.98. The van der Waals surface area contributed by atoms with E-state index in [1.54, 1.807) is 11.9 Å². The van der Waals surface area contributed by atoms with Crippen LogP contribution in [0.1, 0.15) is 43.4 Å². The fourth-order valence-electron chi connectivity index (χ4n) is 3.82. The number of rotatable bonds is 2. The maximum Gasteiger partial charge on any atom is 0.238 e. The zero-order valence-electron chi connectivity index (χ0n) is 14.4. The zero-order chi connectivity index (χ0) is 17.2. The highest BCUT2D eigenvalue weighted by molar-refractivity contribution is 5.76. The highest BCUT2D eigenvalue weighted by Crippen LogP contribution is 2.43. The van der Waals surface area contributed by atoms with Gasteiger partial charge in [-0.25, -0.2) is 5.01 Å². The predicted octanol–water partition coefficient (Wildman–Crippen LogP) is 4.62. The first-order chi connectivity index (χ1) is 12.2. The van der Waals surface area contributed by atoms with Gasteiger partial charge in [0.25, 0.3) is 0 Å². The second kappa shape index (κ2) is 6.60. The Morgan fingerprint density at radius 3 is 2.40 bits per heavy atom. The summed E-state index contributed by atoms with van der Waals surface area (Å²) in [4.78, 5) is 12.3. The van der Waals surface area contributed by atoms with E-state index in [2.05, 4.69) is 47.9 Å². The molecular weight excluding hydrogens is 308 g/mol. The molecule has 0 radical (unpaired) electrons. The Bertz CT molecular complexity index is 837. The van der Waals surface area contributed by atoms with E-state index in [1.807, 2.05) is 24.3 Å². The van der Waals surface area contributed by atoms with Crippen LogP contribution in [0.3, 0.4) is 0 Å². The molecule has 0 fully saturated rings. The van der Waals surface area contributed by atoms with Crippen molar-refractivity contribution in [2.24, 2.45) is 0 Å². The number of nitrogens with zero attached hydrogens (tertiary/aromatic N) is 1. The van der Waals surface area contributed by atoms with Crippen molar-refractivity contribution < 1.29 is 4.79 Å². The van der Waals surface area contributed by atoms with E-state index < -0.39 is 0 Å². The summed E-state index contributed by atoms with van der Waals surface area (Å²) in [5.41, 5.74) is 9.52. The van der Waals surface area contributed by atoms with Crippen LogP contribution in [-0.2, 0) is 4.79 Å². The lowest BCUT2D eigenvalue weighted by atomic mass is 9.86. The number of carbonyl (C=O) groups is 1. The Labute approximate surface area is 148 Å². The topological polar surface area (TPSA) is 32.3 Å². The fourth-order valence-corrected chi connectivity index (χ4v) is 3.82. The second-order valence-electron chi connectivity index (χ2n) is 6.65. The van der Waals surface area contributed by atoms with E-state index in [4.69, 9.17) is 0 Å². The molecule has 25 heavy (non-hydrogen) atoms. The first kappa shape index (κ1) is 15.7. The predicted molar refractivity (Wildman–Crippen MR) is 100 cm³/mol. The highest BCUT2D eigenvalue weighted by Gasteiger charge is 2.37. The Morgan fingerprint density at radius 1 is 1.04 bits per heavy atom. The van der Waals surface area contributed by atoms with Crippen LogP contribution in [0.15, 0.2) is 77.5 Å². The van der Waals surface area contributed by atoms with E-state index in [9.17, 15) is 4.79 Å². The number of carbonyl (C=O) groups excluding carboxylic acids is 1. The van der Waals surface area contributed by atoms with Crippen LogP contribution in [0, 0.1) is 0 Å². The van der Waals surface area contributed by atoms with Gasteiger partial charge in [-0.2, -0.15) is 0 Å². The molecule has 1 amide bonds. The van der Waals surface area contributed by atoms with Gasteiger partial charge < -0.3 is 0 Å². The van der Waals surface area contributed by atoms with Crippen molar-refractivity contribution in [2.45, 2.75) is 32.2 Å². The Kier molecular flexibility index (Phi) is 4.14. The van der Waals surface area contributed by atoms with E-state index in [-0.39, 0.29) is 11.9 Å². The van der Waals surface area contributed by atoms with Crippen molar-refractivity contribution in [1.29, 1.82) is 0 Å². The third-order valence-electron chi connectivity index (χ3n) is 4.95. The van der Waals surface area contributed by atoms with Crippen LogP contribution < -0.4 is 5.43 Å². The summed E-state index contributed by atoms with van der Waals surface area (Å²) in [5.74, 6) is 0.0438. The summed E-state index contributed by atoms with van der Waals surface area (Å²) in [6.45, 7) is 1.63. The molecule has 126 valence electrons. The molecule has 0 saturated carbocycles. The van der Waals surface area contributed by atoms with Gasteiger partial charge in [-0.1, -0.05) is 60.7 Å². The van der Waals surface area contributed by atoms with Gasteiger partial charge >= 0.3 is 0 Å². The molecule has 4 rings (SSSR count). The monoisotopic (exact) mass is 330 g/mol. The molecule has 2 aromatic carbocycles. The minimum atomic E-state index is -0.00632. The standard InChI is InChI=1S/C22H22N2O/c1-16(25)24-22(18-11-6-3-7-12-18)20-14-8-13-19(21(20)23-24)15-17-9-4-2-5-10-17/h2-7,9-12,15,22-23H,8,13-14H2,1H3/b19-15+/t22-/m0/s1. The van der Waals surface area contributed by atoms with Crippen LogP contribution in [-0.4, -0.2) is 10.9 Å². The zero-order valence-corrected chi connectivity index (χ0v) is 14.4. The number of hydrazine groups is 1. The number of nitrogens with one attached hydrogen (secondary N) is 1. The molecule has 0 unspecified atom stereocenters. The molecule has 0 spiro atoms. The SMILES string of the molecule is CC(=O)N1NC2=C(CCC/C2=C\c2ccccc2)[C@@H]1c1ccccc1. The molecule has 0 saturated heterocycles. The molecule has 1 N–H and O–H groups in total. The van der Waals surface area contributed by atoms with Gasteiger partial charge in [0.2, 0.25) is 5.91 Å². The first-order valence-electron chi connectivity index (χ1n) is 8.84. The summed E-state index contributed by atoms with van der Waals surface area (Å²) < 4.78 is 0. The van der Waals surface area contributed by atoms with Crippen molar-refractivity contribution in [3.63, 3.8) is 0 Å². The van der Waals surface area contributed by atoms with E-state index >= 15 is 0 Å². The molecule has 3 heteroatoms. The Morgan fingerprint density at radius 2 is 1.72 bits per heavy atom. The molecule has 1 aliphatic carbocycles. The van der Waals surface area contributed by atoms with Crippen molar-refractivity contribution in [2.75, 3.05) is 0 Å². The van der Waals surface area contributed by atoms with Gasteiger partial charge in [0.15, 0.2) is 0 Å². The maximum absolute atomic E-state index is 12.3. The van der Waals surface area contributed by atoms with Gasteiger partial charge in [0.05, 0.1) is 5.70 Å². The fraction of sp³-hybridized carbons (Fsp3) is 0.227. The van der Waals surface area contributed by atoms with Crippen molar-refractivity contribution in [3.05, 3.63) is 88.6 Å². The summed E-state index contributed by atoms with van der Waals surface area (Å²) in [6.07, 6.45) is 5.42. The molecule has 1 heterocycles. The Hall–Kier alpha value is -2.81. The number of hydrogen-bond donors (Lipinski definition) is 1. The van der Waals surface area contributed by atoms with Crippen molar-refractivity contribution >= 4 is 12.0 Å². The summed E-state index contributed by atoms with van der Waals surface area (Å²) in [5, 5.41) is 1.78. The lowest BCUT2D eigenvalue weighted by Crippen LogP contribution is -2.38. The average molecular weight is 330 g/mol. The number of amides is 1. The molecule has 2 aromatic rings. The van der Waals surface area contributed by atoms with Gasteiger partial charge in [-0.15, -0.1) is 0 Å². The lowest BCUT2D eigenvalue weighted by Gasteiger charge is -2.25. The molecular formula is C22H22N2O. The lowest BCUT2D eigenvalue weighted by molar-refractivity contribution is -0.132. The quantitative estimate of drug-likeness (QED) is 0.871. The smallest absolute Gasteiger partial charge is 0.238 e. The summed E-state index contributed by atoms with van der Waals surface area (Å²) >= 11 is 0. The van der Waals surface area contributed by atoms with Crippen molar-refractivity contribution in [1.82, 2.24) is 10.4 Å². The van der Waals surface area contributed by atoms with Crippen LogP contribution in [0.25, 0.3) is 6.08 Å². The average Bonchev–Trinajstić information content (AvgIpc) is 3.04. The maximum atomic E-state index is 12.3. The molecule has 0 bridgehead atoms. The van der Waals surface area contributed by atoms with Gasteiger partial charge in [0, 0.05) is 6.92 Å². The number of hydrogen-bond acceptors (Lipinski definition) is 2. The summed E-state index contributed by atoms with van der Waals surface area (Å²) in [7, 11) is 0. The normalized spacial score (nSPS) is 21.2. The van der Waals surface area contributed by atoms with Crippen LogP contribution in [0.4, 0.5) is 0 Å². The third-order valence-corrected chi connectivity index (χ3v) is 4.95. The molecule has 0 aromatic heterocycles. The van der Waals surface area contributed by atoms with Gasteiger partial charge in [-0.05, 0) is 47.6 Å². The van der Waals surface area contributed by atoms with E-state index in [0.717, 1.165) is 30.5 Å².